The minimum Gasteiger partial charge on any atom is -0.444 e. The smallest absolute Gasteiger partial charge is 0.410 e. The Morgan fingerprint density at radius 1 is 1.00 bits per heavy atom. The van der Waals surface area contributed by atoms with Crippen LogP contribution in [0.2, 0.25) is 0 Å². The molecule has 6 heteroatoms. The highest BCUT2D eigenvalue weighted by atomic mass is 32.2. The SMILES string of the molecule is Cc1cccc2c1Nc1c(C)cc(N3CCN(C(=O)OC(C)(C)C)CC3)cc1S2. The molecule has 0 atom stereocenters. The summed E-state index contributed by atoms with van der Waals surface area (Å²) in [6.45, 7) is 13.0. The van der Waals surface area contributed by atoms with Gasteiger partial charge in [0.2, 0.25) is 0 Å². The Morgan fingerprint density at radius 2 is 1.69 bits per heavy atom. The van der Waals surface area contributed by atoms with Crippen molar-refractivity contribution in [2.75, 3.05) is 36.4 Å². The summed E-state index contributed by atoms with van der Waals surface area (Å²) in [5.74, 6) is 0. The number of hydrogen-bond acceptors (Lipinski definition) is 5. The predicted molar refractivity (Wildman–Crippen MR) is 120 cm³/mol. The normalized spacial score (nSPS) is 16.0. The summed E-state index contributed by atoms with van der Waals surface area (Å²) in [5.41, 5.74) is 5.69. The van der Waals surface area contributed by atoms with Gasteiger partial charge in [0.15, 0.2) is 0 Å². The molecule has 0 bridgehead atoms. The first-order chi connectivity index (χ1) is 13.7. The number of fused-ring (bicyclic) bond motifs is 2. The van der Waals surface area contributed by atoms with Crippen LogP contribution in [-0.2, 0) is 4.74 Å². The van der Waals surface area contributed by atoms with Crippen molar-refractivity contribution >= 4 is 34.9 Å². The largest absolute Gasteiger partial charge is 0.444 e. The number of nitrogens with zero attached hydrogens (tertiary/aromatic N) is 2. The number of para-hydroxylation sites is 1. The van der Waals surface area contributed by atoms with Crippen LogP contribution in [0, 0.1) is 13.8 Å². The van der Waals surface area contributed by atoms with E-state index in [1.165, 1.54) is 38.0 Å². The molecule has 0 saturated carbocycles. The molecule has 1 saturated heterocycles. The van der Waals surface area contributed by atoms with Crippen LogP contribution in [0.25, 0.3) is 0 Å². The zero-order valence-corrected chi connectivity index (χ0v) is 18.7. The molecular weight excluding hydrogens is 382 g/mol. The Kier molecular flexibility index (Phi) is 5.15. The lowest BCUT2D eigenvalue weighted by atomic mass is 10.1. The van der Waals surface area contributed by atoms with Gasteiger partial charge in [0.25, 0.3) is 0 Å². The Balaban J connectivity index is 1.49. The summed E-state index contributed by atoms with van der Waals surface area (Å²) < 4.78 is 5.51. The molecule has 29 heavy (non-hydrogen) atoms. The minimum absolute atomic E-state index is 0.217. The fourth-order valence-corrected chi connectivity index (χ4v) is 4.95. The lowest BCUT2D eigenvalue weighted by Gasteiger charge is -2.37. The van der Waals surface area contributed by atoms with Crippen LogP contribution in [0.15, 0.2) is 40.1 Å². The maximum absolute atomic E-state index is 12.3. The van der Waals surface area contributed by atoms with Gasteiger partial charge in [-0.2, -0.15) is 0 Å². The number of carbonyl (C=O) groups excluding carboxylic acids is 1. The number of ether oxygens (including phenoxy) is 1. The number of amides is 1. The fourth-order valence-electron chi connectivity index (χ4n) is 3.76. The van der Waals surface area contributed by atoms with Gasteiger partial charge in [-0.15, -0.1) is 0 Å². The molecule has 0 radical (unpaired) electrons. The van der Waals surface area contributed by atoms with Crippen molar-refractivity contribution in [3.63, 3.8) is 0 Å². The van der Waals surface area contributed by atoms with E-state index in [9.17, 15) is 4.79 Å². The first kappa shape index (κ1) is 20.0. The van der Waals surface area contributed by atoms with Crippen LogP contribution < -0.4 is 10.2 Å². The average Bonchev–Trinajstić information content (AvgIpc) is 2.66. The molecule has 2 aromatic carbocycles. The molecule has 2 aliphatic rings. The topological polar surface area (TPSA) is 44.8 Å². The zero-order valence-electron chi connectivity index (χ0n) is 17.8. The highest BCUT2D eigenvalue weighted by Crippen LogP contribution is 2.48. The summed E-state index contributed by atoms with van der Waals surface area (Å²) in [5, 5.41) is 3.64. The highest BCUT2D eigenvalue weighted by Gasteiger charge is 2.27. The molecule has 4 rings (SSSR count). The van der Waals surface area contributed by atoms with Gasteiger partial charge in [-0.3, -0.25) is 0 Å². The van der Waals surface area contributed by atoms with E-state index in [-0.39, 0.29) is 6.09 Å². The van der Waals surface area contributed by atoms with Crippen molar-refractivity contribution in [3.05, 3.63) is 41.5 Å². The van der Waals surface area contributed by atoms with E-state index < -0.39 is 5.60 Å². The summed E-state index contributed by atoms with van der Waals surface area (Å²) in [6.07, 6.45) is -0.217. The lowest BCUT2D eigenvalue weighted by Crippen LogP contribution is -2.50. The number of nitrogens with one attached hydrogen (secondary N) is 1. The van der Waals surface area contributed by atoms with E-state index in [0.717, 1.165) is 13.1 Å². The van der Waals surface area contributed by atoms with Crippen molar-refractivity contribution in [2.45, 2.75) is 50.0 Å². The Hall–Kier alpha value is -2.34. The number of piperazine rings is 1. The van der Waals surface area contributed by atoms with Crippen LogP contribution in [0.5, 0.6) is 0 Å². The molecule has 2 aromatic rings. The lowest BCUT2D eigenvalue weighted by molar-refractivity contribution is 0.0240. The monoisotopic (exact) mass is 411 g/mol. The van der Waals surface area contributed by atoms with Gasteiger partial charge in [-0.1, -0.05) is 23.9 Å². The van der Waals surface area contributed by atoms with Crippen LogP contribution in [0.4, 0.5) is 21.9 Å². The van der Waals surface area contributed by atoms with Gasteiger partial charge in [0.1, 0.15) is 5.60 Å². The van der Waals surface area contributed by atoms with E-state index in [0.29, 0.717) is 13.1 Å². The third kappa shape index (κ3) is 4.17. The van der Waals surface area contributed by atoms with Gasteiger partial charge >= 0.3 is 6.09 Å². The van der Waals surface area contributed by atoms with Gasteiger partial charge in [-0.25, -0.2) is 4.79 Å². The van der Waals surface area contributed by atoms with Crippen LogP contribution in [0.3, 0.4) is 0 Å². The third-order valence-electron chi connectivity index (χ3n) is 5.29. The van der Waals surface area contributed by atoms with Crippen molar-refractivity contribution in [1.29, 1.82) is 0 Å². The van der Waals surface area contributed by atoms with E-state index in [1.807, 2.05) is 37.4 Å². The standard InChI is InChI=1S/C23H29N3O2S/c1-15-7-6-8-18-20(15)24-21-16(2)13-17(14-19(21)29-18)25-9-11-26(12-10-25)22(27)28-23(3,4)5/h6-8,13-14,24H,9-12H2,1-5H3. The van der Waals surface area contributed by atoms with E-state index >= 15 is 0 Å². The fraction of sp³-hybridized carbons (Fsp3) is 0.435. The Labute approximate surface area is 177 Å². The van der Waals surface area contributed by atoms with Crippen molar-refractivity contribution < 1.29 is 9.53 Å². The highest BCUT2D eigenvalue weighted by molar-refractivity contribution is 7.99. The summed E-state index contributed by atoms with van der Waals surface area (Å²) in [7, 11) is 0. The van der Waals surface area contributed by atoms with Gasteiger partial charge < -0.3 is 19.9 Å². The Morgan fingerprint density at radius 3 is 2.38 bits per heavy atom. The van der Waals surface area contributed by atoms with Crippen LogP contribution in [0.1, 0.15) is 31.9 Å². The summed E-state index contributed by atoms with van der Waals surface area (Å²) in [6, 6.07) is 10.9. The second kappa shape index (κ2) is 7.48. The van der Waals surface area contributed by atoms with Crippen LogP contribution in [-0.4, -0.2) is 42.8 Å². The van der Waals surface area contributed by atoms with Gasteiger partial charge in [0, 0.05) is 41.7 Å². The third-order valence-corrected chi connectivity index (χ3v) is 6.39. The summed E-state index contributed by atoms with van der Waals surface area (Å²) in [4.78, 5) is 19.0. The first-order valence-corrected chi connectivity index (χ1v) is 10.9. The molecule has 1 fully saturated rings. The second-order valence-corrected chi connectivity index (χ2v) is 9.85. The molecule has 0 aromatic heterocycles. The second-order valence-electron chi connectivity index (χ2n) is 8.77. The number of benzene rings is 2. The van der Waals surface area contributed by atoms with E-state index in [1.54, 1.807) is 0 Å². The van der Waals surface area contributed by atoms with Crippen molar-refractivity contribution in [2.24, 2.45) is 0 Å². The van der Waals surface area contributed by atoms with Crippen molar-refractivity contribution in [3.8, 4) is 0 Å². The Bertz CT molecular complexity index is 944. The average molecular weight is 412 g/mol. The minimum atomic E-state index is -0.456. The maximum atomic E-state index is 12.3. The molecule has 0 aliphatic carbocycles. The van der Waals surface area contributed by atoms with E-state index in [4.69, 9.17) is 4.74 Å². The van der Waals surface area contributed by atoms with E-state index in [2.05, 4.69) is 54.4 Å². The van der Waals surface area contributed by atoms with Crippen molar-refractivity contribution in [1.82, 2.24) is 4.90 Å². The molecule has 2 aliphatic heterocycles. The zero-order chi connectivity index (χ0) is 20.8. The quantitative estimate of drug-likeness (QED) is 0.567. The van der Waals surface area contributed by atoms with Gasteiger partial charge in [0.05, 0.1) is 11.4 Å². The predicted octanol–water partition coefficient (Wildman–Crippen LogP) is 5.57. The maximum Gasteiger partial charge on any atom is 0.410 e. The molecule has 2 heterocycles. The number of hydrogen-bond donors (Lipinski definition) is 1. The molecule has 5 nitrogen and oxygen atoms in total. The number of aryl methyl sites for hydroxylation is 2. The molecule has 0 spiro atoms. The first-order valence-electron chi connectivity index (χ1n) is 10.1. The molecule has 0 unspecified atom stereocenters. The number of anilines is 3. The summed E-state index contributed by atoms with van der Waals surface area (Å²) >= 11 is 1.83. The molecule has 1 amide bonds. The molecule has 154 valence electrons. The van der Waals surface area contributed by atoms with Crippen LogP contribution >= 0.6 is 11.8 Å². The molecule has 1 N–H and O–H groups in total. The molecular formula is C23H29N3O2S. The van der Waals surface area contributed by atoms with Gasteiger partial charge in [-0.05, 0) is 63.9 Å². The number of rotatable bonds is 1. The number of carbonyl (C=O) groups is 1.